The lowest BCUT2D eigenvalue weighted by molar-refractivity contribution is -0.0521. The molecule has 1 amide bonds. The number of halogens is 4. The minimum atomic E-state index is -3.15. The Morgan fingerprint density at radius 2 is 2.00 bits per heavy atom. The number of para-hydroxylation sites is 1. The van der Waals surface area contributed by atoms with Gasteiger partial charge in [0.2, 0.25) is 0 Å². The van der Waals surface area contributed by atoms with Gasteiger partial charge in [-0.1, -0.05) is 28.9 Å². The van der Waals surface area contributed by atoms with Gasteiger partial charge in [-0.2, -0.15) is 8.78 Å². The zero-order valence-electron chi connectivity index (χ0n) is 12.9. The summed E-state index contributed by atoms with van der Waals surface area (Å²) in [6.07, 6.45) is 1.35. The lowest BCUT2D eigenvalue weighted by atomic mass is 10.2. The van der Waals surface area contributed by atoms with Gasteiger partial charge in [-0.05, 0) is 24.3 Å². The van der Waals surface area contributed by atoms with E-state index in [4.69, 9.17) is 11.6 Å². The van der Waals surface area contributed by atoms with Gasteiger partial charge in [-0.25, -0.2) is 9.07 Å². The molecule has 3 rings (SSSR count). The van der Waals surface area contributed by atoms with Crippen LogP contribution in [0, 0.1) is 5.82 Å². The molecule has 0 spiro atoms. The molecule has 0 unspecified atom stereocenters. The number of amides is 1. The topological polar surface area (TPSA) is 69.0 Å². The lowest BCUT2D eigenvalue weighted by Gasteiger charge is -2.08. The second kappa shape index (κ2) is 7.44. The van der Waals surface area contributed by atoms with E-state index in [9.17, 15) is 18.0 Å². The van der Waals surface area contributed by atoms with Crippen molar-refractivity contribution in [3.63, 3.8) is 0 Å². The first-order chi connectivity index (χ1) is 12.4. The highest BCUT2D eigenvalue weighted by atomic mass is 35.5. The second-order valence-corrected chi connectivity index (χ2v) is 5.38. The molecule has 1 heterocycles. The number of nitrogens with one attached hydrogen (secondary N) is 1. The number of ether oxygens (including phenoxy) is 1. The first-order valence-corrected chi connectivity index (χ1v) is 7.55. The summed E-state index contributed by atoms with van der Waals surface area (Å²) in [4.78, 5) is 12.2. The minimum absolute atomic E-state index is 0.0430. The maximum atomic E-state index is 13.7. The number of anilines is 1. The summed E-state index contributed by atoms with van der Waals surface area (Å²) in [5.41, 5.74) is 0.528. The molecule has 0 saturated carbocycles. The van der Waals surface area contributed by atoms with Crippen LogP contribution in [0.1, 0.15) is 10.5 Å². The highest BCUT2D eigenvalue weighted by molar-refractivity contribution is 6.32. The number of hydrogen-bond donors (Lipinski definition) is 1. The molecule has 0 saturated heterocycles. The van der Waals surface area contributed by atoms with E-state index >= 15 is 0 Å². The maximum Gasteiger partial charge on any atom is 0.387 e. The minimum Gasteiger partial charge on any atom is -0.432 e. The smallest absolute Gasteiger partial charge is 0.387 e. The van der Waals surface area contributed by atoms with Crippen molar-refractivity contribution >= 4 is 23.2 Å². The molecule has 3 aromatic rings. The van der Waals surface area contributed by atoms with E-state index in [1.807, 2.05) is 0 Å². The molecule has 0 aliphatic rings. The highest BCUT2D eigenvalue weighted by Crippen LogP contribution is 2.23. The van der Waals surface area contributed by atoms with Crippen LogP contribution in [0.4, 0.5) is 18.9 Å². The molecular formula is C16H10ClF3N4O2. The summed E-state index contributed by atoms with van der Waals surface area (Å²) in [5.74, 6) is -2.32. The quantitative estimate of drug-likeness (QED) is 0.726. The van der Waals surface area contributed by atoms with Gasteiger partial charge in [0.25, 0.3) is 5.91 Å². The molecular weight excluding hydrogens is 373 g/mol. The zero-order valence-corrected chi connectivity index (χ0v) is 13.6. The van der Waals surface area contributed by atoms with Crippen LogP contribution < -0.4 is 10.1 Å². The van der Waals surface area contributed by atoms with Crippen LogP contribution in [0.5, 0.6) is 5.75 Å². The first-order valence-electron chi connectivity index (χ1n) is 7.17. The Bertz CT molecular complexity index is 949. The average molecular weight is 383 g/mol. The van der Waals surface area contributed by atoms with Crippen molar-refractivity contribution in [2.45, 2.75) is 6.61 Å². The van der Waals surface area contributed by atoms with Gasteiger partial charge < -0.3 is 10.1 Å². The van der Waals surface area contributed by atoms with Crippen LogP contribution in [0.25, 0.3) is 5.69 Å². The maximum absolute atomic E-state index is 13.7. The molecule has 0 aliphatic heterocycles. The van der Waals surface area contributed by atoms with Crippen molar-refractivity contribution < 1.29 is 22.7 Å². The first kappa shape index (κ1) is 17.7. The summed E-state index contributed by atoms with van der Waals surface area (Å²) in [7, 11) is 0. The largest absolute Gasteiger partial charge is 0.432 e. The van der Waals surface area contributed by atoms with E-state index in [0.29, 0.717) is 10.7 Å². The van der Waals surface area contributed by atoms with E-state index in [1.54, 1.807) is 24.3 Å². The van der Waals surface area contributed by atoms with Crippen LogP contribution in [0.2, 0.25) is 5.02 Å². The van der Waals surface area contributed by atoms with Crippen LogP contribution in [-0.2, 0) is 0 Å². The molecule has 1 N–H and O–H groups in total. The Morgan fingerprint density at radius 1 is 1.23 bits per heavy atom. The molecule has 0 atom stereocenters. The molecule has 0 radical (unpaired) electrons. The third-order valence-corrected chi connectivity index (χ3v) is 3.55. The van der Waals surface area contributed by atoms with E-state index < -0.39 is 24.1 Å². The van der Waals surface area contributed by atoms with Crippen molar-refractivity contribution in [1.29, 1.82) is 0 Å². The molecule has 0 fully saturated rings. The summed E-state index contributed by atoms with van der Waals surface area (Å²) in [6, 6.07) is 9.89. The van der Waals surface area contributed by atoms with Crippen LogP contribution in [0.15, 0.2) is 48.7 Å². The third-order valence-electron chi connectivity index (χ3n) is 3.23. The fourth-order valence-corrected chi connectivity index (χ4v) is 2.31. The molecule has 134 valence electrons. The normalized spacial score (nSPS) is 10.8. The van der Waals surface area contributed by atoms with Crippen LogP contribution in [0.3, 0.4) is 0 Å². The van der Waals surface area contributed by atoms with E-state index in [2.05, 4.69) is 20.4 Å². The number of rotatable bonds is 5. The summed E-state index contributed by atoms with van der Waals surface area (Å²) in [6.45, 7) is -3.15. The molecule has 2 aromatic carbocycles. The molecule has 0 aliphatic carbocycles. The van der Waals surface area contributed by atoms with Crippen LogP contribution in [-0.4, -0.2) is 27.5 Å². The fraction of sp³-hybridized carbons (Fsp3) is 0.0625. The SMILES string of the molecule is O=C(Nc1ccc(OC(F)F)c(F)c1)c1cn(-c2ccccc2Cl)nn1. The Balaban J connectivity index is 1.75. The zero-order chi connectivity index (χ0) is 18.7. The summed E-state index contributed by atoms with van der Waals surface area (Å²) >= 11 is 6.05. The van der Waals surface area contributed by atoms with E-state index in [0.717, 1.165) is 12.1 Å². The van der Waals surface area contributed by atoms with Crippen molar-refractivity contribution in [3.8, 4) is 11.4 Å². The van der Waals surface area contributed by atoms with E-state index in [1.165, 1.54) is 16.9 Å². The Hall–Kier alpha value is -3.07. The number of nitrogens with zero attached hydrogens (tertiary/aromatic N) is 3. The molecule has 0 bridgehead atoms. The Morgan fingerprint density at radius 3 is 2.69 bits per heavy atom. The monoisotopic (exact) mass is 382 g/mol. The summed E-state index contributed by atoms with van der Waals surface area (Å²) in [5, 5.41) is 10.4. The fourth-order valence-electron chi connectivity index (χ4n) is 2.09. The Labute approximate surface area is 150 Å². The average Bonchev–Trinajstić information content (AvgIpc) is 3.07. The van der Waals surface area contributed by atoms with Gasteiger partial charge in [0, 0.05) is 11.8 Å². The number of benzene rings is 2. The third kappa shape index (κ3) is 3.94. The number of hydrogen-bond acceptors (Lipinski definition) is 4. The van der Waals surface area contributed by atoms with Crippen molar-refractivity contribution in [3.05, 3.63) is 65.2 Å². The van der Waals surface area contributed by atoms with Crippen molar-refractivity contribution in [1.82, 2.24) is 15.0 Å². The van der Waals surface area contributed by atoms with Gasteiger partial charge in [0.1, 0.15) is 0 Å². The summed E-state index contributed by atoms with van der Waals surface area (Å²) < 4.78 is 43.2. The standard InChI is InChI=1S/C16H10ClF3N4O2/c17-10-3-1-2-4-13(10)24-8-12(22-23-24)15(25)21-9-5-6-14(11(18)7-9)26-16(19)20/h1-8,16H,(H,21,25). The highest BCUT2D eigenvalue weighted by Gasteiger charge is 2.15. The van der Waals surface area contributed by atoms with Gasteiger partial charge in [-0.3, -0.25) is 4.79 Å². The predicted molar refractivity (Wildman–Crippen MR) is 87.4 cm³/mol. The lowest BCUT2D eigenvalue weighted by Crippen LogP contribution is -2.13. The van der Waals surface area contributed by atoms with Gasteiger partial charge in [0.15, 0.2) is 17.3 Å². The van der Waals surface area contributed by atoms with Gasteiger partial charge >= 0.3 is 6.61 Å². The molecule has 10 heteroatoms. The van der Waals surface area contributed by atoms with Crippen LogP contribution >= 0.6 is 11.6 Å². The number of carbonyl (C=O) groups is 1. The van der Waals surface area contributed by atoms with E-state index in [-0.39, 0.29) is 11.4 Å². The predicted octanol–water partition coefficient (Wildman–Crippen LogP) is 3.91. The second-order valence-electron chi connectivity index (χ2n) is 4.98. The molecule has 6 nitrogen and oxygen atoms in total. The van der Waals surface area contributed by atoms with Crippen molar-refractivity contribution in [2.75, 3.05) is 5.32 Å². The molecule has 1 aromatic heterocycles. The number of aromatic nitrogens is 3. The van der Waals surface area contributed by atoms with Gasteiger partial charge in [0.05, 0.1) is 16.9 Å². The number of carbonyl (C=O) groups excluding carboxylic acids is 1. The Kier molecular flexibility index (Phi) is 5.08. The van der Waals surface area contributed by atoms with Crippen molar-refractivity contribution in [2.24, 2.45) is 0 Å². The molecule has 26 heavy (non-hydrogen) atoms. The number of alkyl halides is 2. The van der Waals surface area contributed by atoms with Gasteiger partial charge in [-0.15, -0.1) is 5.10 Å².